The van der Waals surface area contributed by atoms with Gasteiger partial charge in [-0.05, 0) is 48.7 Å². The monoisotopic (exact) mass is 336 g/mol. The lowest BCUT2D eigenvalue weighted by molar-refractivity contribution is -0.124. The number of nitrogens with zero attached hydrogens (tertiary/aromatic N) is 1. The number of rotatable bonds is 4. The van der Waals surface area contributed by atoms with Crippen LogP contribution in [0.3, 0.4) is 0 Å². The number of para-hydroxylation sites is 1. The summed E-state index contributed by atoms with van der Waals surface area (Å²) in [5.74, 6) is -0.334. The number of aromatic hydroxyl groups is 1. The number of hydrogen-bond donors (Lipinski definition) is 2. The molecule has 2 aromatic rings. The summed E-state index contributed by atoms with van der Waals surface area (Å²) in [6.45, 7) is 2.32. The van der Waals surface area contributed by atoms with E-state index in [-0.39, 0.29) is 17.6 Å². The largest absolute Gasteiger partial charge is 0.508 e. The van der Waals surface area contributed by atoms with Crippen molar-refractivity contribution in [3.63, 3.8) is 0 Å². The van der Waals surface area contributed by atoms with Crippen molar-refractivity contribution in [2.24, 2.45) is 0 Å². The quantitative estimate of drug-likeness (QED) is 0.843. The zero-order chi connectivity index (χ0) is 17.8. The van der Waals surface area contributed by atoms with Crippen LogP contribution in [0.1, 0.15) is 18.1 Å². The molecule has 0 aliphatic carbocycles. The number of nitrogens with one attached hydrogen (secondary N) is 1. The summed E-state index contributed by atoms with van der Waals surface area (Å²) in [5, 5.41) is 12.1. The van der Waals surface area contributed by atoms with Gasteiger partial charge in [-0.25, -0.2) is 0 Å². The molecule has 1 atom stereocenters. The van der Waals surface area contributed by atoms with Gasteiger partial charge >= 0.3 is 0 Å². The fraction of sp³-hybridized carbons (Fsp3) is 0.200. The molecular weight excluding hydrogens is 316 g/mol. The highest BCUT2D eigenvalue weighted by atomic mass is 16.3. The summed E-state index contributed by atoms with van der Waals surface area (Å²) in [6, 6.07) is 13.8. The van der Waals surface area contributed by atoms with Gasteiger partial charge in [0.1, 0.15) is 11.8 Å². The Balaban J connectivity index is 1.61. The Morgan fingerprint density at radius 2 is 2.00 bits per heavy atom. The molecule has 2 aromatic carbocycles. The van der Waals surface area contributed by atoms with Crippen molar-refractivity contribution in [1.29, 1.82) is 0 Å². The van der Waals surface area contributed by atoms with E-state index in [0.717, 1.165) is 17.7 Å². The van der Waals surface area contributed by atoms with Gasteiger partial charge < -0.3 is 15.3 Å². The first-order chi connectivity index (χ1) is 12.0. The molecule has 1 heterocycles. The van der Waals surface area contributed by atoms with Crippen LogP contribution in [0.4, 0.5) is 5.69 Å². The maximum Gasteiger partial charge on any atom is 0.249 e. The molecule has 0 bridgehead atoms. The van der Waals surface area contributed by atoms with Crippen LogP contribution in [-0.4, -0.2) is 29.5 Å². The number of hydrogen-bond acceptors (Lipinski definition) is 3. The second-order valence-electron chi connectivity index (χ2n) is 6.03. The summed E-state index contributed by atoms with van der Waals surface area (Å²) in [5.41, 5.74) is 2.78. The second kappa shape index (κ2) is 7.21. The van der Waals surface area contributed by atoms with E-state index in [1.807, 2.05) is 24.3 Å². The van der Waals surface area contributed by atoms with Gasteiger partial charge in [-0.2, -0.15) is 0 Å². The molecular formula is C20H20N2O3. The van der Waals surface area contributed by atoms with E-state index in [1.54, 1.807) is 42.2 Å². The predicted octanol–water partition coefficient (Wildman–Crippen LogP) is 2.50. The van der Waals surface area contributed by atoms with E-state index in [2.05, 4.69) is 5.32 Å². The van der Waals surface area contributed by atoms with E-state index in [4.69, 9.17) is 0 Å². The normalized spacial score (nSPS) is 14.4. The number of phenols is 1. The molecule has 0 saturated carbocycles. The van der Waals surface area contributed by atoms with Crippen molar-refractivity contribution in [1.82, 2.24) is 5.32 Å². The van der Waals surface area contributed by atoms with Crippen molar-refractivity contribution < 1.29 is 14.7 Å². The molecule has 1 aliphatic rings. The van der Waals surface area contributed by atoms with Crippen LogP contribution < -0.4 is 10.2 Å². The first kappa shape index (κ1) is 16.8. The van der Waals surface area contributed by atoms with Crippen LogP contribution in [0.25, 0.3) is 6.08 Å². The maximum atomic E-state index is 12.6. The number of carbonyl (C=O) groups excluding carboxylic acids is 2. The molecule has 5 nitrogen and oxygen atoms in total. The lowest BCUT2D eigenvalue weighted by Crippen LogP contribution is -2.46. The fourth-order valence-electron chi connectivity index (χ4n) is 2.92. The van der Waals surface area contributed by atoms with Crippen LogP contribution in [0, 0.1) is 0 Å². The van der Waals surface area contributed by atoms with E-state index in [0.29, 0.717) is 12.1 Å². The number of fused-ring (bicyclic) bond motifs is 1. The number of amides is 2. The average Bonchev–Trinajstić information content (AvgIpc) is 3.03. The smallest absolute Gasteiger partial charge is 0.249 e. The van der Waals surface area contributed by atoms with Crippen LogP contribution in [0.5, 0.6) is 5.75 Å². The van der Waals surface area contributed by atoms with Crippen molar-refractivity contribution in [2.75, 3.05) is 11.4 Å². The molecule has 0 aromatic heterocycles. The Morgan fingerprint density at radius 1 is 1.20 bits per heavy atom. The minimum atomic E-state index is -0.618. The Kier molecular flexibility index (Phi) is 4.84. The SMILES string of the molecule is CC(NC(=O)/C=C/c1cccc(O)c1)C(=O)N1CCc2ccccc21. The second-order valence-corrected chi connectivity index (χ2v) is 6.03. The molecule has 2 N–H and O–H groups in total. The topological polar surface area (TPSA) is 69.6 Å². The zero-order valence-corrected chi connectivity index (χ0v) is 14.0. The van der Waals surface area contributed by atoms with Gasteiger partial charge in [-0.3, -0.25) is 9.59 Å². The first-order valence-electron chi connectivity index (χ1n) is 8.21. The summed E-state index contributed by atoms with van der Waals surface area (Å²) >= 11 is 0. The summed E-state index contributed by atoms with van der Waals surface area (Å²) in [6.07, 6.45) is 3.79. The molecule has 1 aliphatic heterocycles. The van der Waals surface area contributed by atoms with Gasteiger partial charge in [-0.1, -0.05) is 30.3 Å². The Hall–Kier alpha value is -3.08. The third-order valence-electron chi connectivity index (χ3n) is 4.18. The molecule has 1 unspecified atom stereocenters. The van der Waals surface area contributed by atoms with Gasteiger partial charge in [0.15, 0.2) is 0 Å². The van der Waals surface area contributed by atoms with Crippen molar-refractivity contribution >= 4 is 23.6 Å². The fourth-order valence-corrected chi connectivity index (χ4v) is 2.92. The van der Waals surface area contributed by atoms with Crippen LogP contribution in [0.2, 0.25) is 0 Å². The summed E-state index contributed by atoms with van der Waals surface area (Å²) < 4.78 is 0. The lowest BCUT2D eigenvalue weighted by Gasteiger charge is -2.22. The van der Waals surface area contributed by atoms with E-state index in [9.17, 15) is 14.7 Å². The highest BCUT2D eigenvalue weighted by Crippen LogP contribution is 2.27. The summed E-state index contributed by atoms with van der Waals surface area (Å²) in [4.78, 5) is 26.4. The molecule has 2 amide bonds. The van der Waals surface area contributed by atoms with Gasteiger partial charge in [0.2, 0.25) is 11.8 Å². The molecule has 0 fully saturated rings. The van der Waals surface area contributed by atoms with Crippen molar-refractivity contribution in [2.45, 2.75) is 19.4 Å². The highest BCUT2D eigenvalue weighted by molar-refractivity contribution is 6.02. The van der Waals surface area contributed by atoms with Gasteiger partial charge in [0.05, 0.1) is 0 Å². The number of carbonyl (C=O) groups is 2. The molecule has 5 heteroatoms. The minimum Gasteiger partial charge on any atom is -0.508 e. The molecule has 3 rings (SSSR count). The number of anilines is 1. The Bertz CT molecular complexity index is 829. The number of benzene rings is 2. The molecule has 0 radical (unpaired) electrons. The Morgan fingerprint density at radius 3 is 2.80 bits per heavy atom. The van der Waals surface area contributed by atoms with Crippen LogP contribution >= 0.6 is 0 Å². The standard InChI is InChI=1S/C20H20N2O3/c1-14(20(25)22-12-11-16-6-2-3-8-18(16)22)21-19(24)10-9-15-5-4-7-17(23)13-15/h2-10,13-14,23H,11-12H2,1H3,(H,21,24)/b10-9+. The molecule has 25 heavy (non-hydrogen) atoms. The van der Waals surface area contributed by atoms with E-state index < -0.39 is 6.04 Å². The van der Waals surface area contributed by atoms with Crippen LogP contribution in [0.15, 0.2) is 54.6 Å². The van der Waals surface area contributed by atoms with Gasteiger partial charge in [-0.15, -0.1) is 0 Å². The molecule has 0 spiro atoms. The summed E-state index contributed by atoms with van der Waals surface area (Å²) in [7, 11) is 0. The van der Waals surface area contributed by atoms with E-state index >= 15 is 0 Å². The van der Waals surface area contributed by atoms with Crippen molar-refractivity contribution in [3.8, 4) is 5.75 Å². The molecule has 128 valence electrons. The highest BCUT2D eigenvalue weighted by Gasteiger charge is 2.28. The van der Waals surface area contributed by atoms with Gasteiger partial charge in [0, 0.05) is 18.3 Å². The number of phenolic OH excluding ortho intramolecular Hbond substituents is 1. The minimum absolute atomic E-state index is 0.121. The maximum absolute atomic E-state index is 12.6. The third kappa shape index (κ3) is 3.88. The van der Waals surface area contributed by atoms with E-state index in [1.165, 1.54) is 6.08 Å². The average molecular weight is 336 g/mol. The van der Waals surface area contributed by atoms with Crippen LogP contribution in [-0.2, 0) is 16.0 Å². The Labute approximate surface area is 146 Å². The van der Waals surface area contributed by atoms with Gasteiger partial charge in [0.25, 0.3) is 0 Å². The first-order valence-corrected chi connectivity index (χ1v) is 8.21. The predicted molar refractivity (Wildman–Crippen MR) is 97.2 cm³/mol. The lowest BCUT2D eigenvalue weighted by atomic mass is 10.2. The third-order valence-corrected chi connectivity index (χ3v) is 4.18. The molecule has 0 saturated heterocycles. The zero-order valence-electron chi connectivity index (χ0n) is 14.0. The van der Waals surface area contributed by atoms with Crippen molar-refractivity contribution in [3.05, 3.63) is 65.7 Å².